The highest BCUT2D eigenvalue weighted by atomic mass is 32.2. The van der Waals surface area contributed by atoms with Crippen molar-refractivity contribution in [3.8, 4) is 5.75 Å². The predicted molar refractivity (Wildman–Crippen MR) is 129 cm³/mol. The lowest BCUT2D eigenvalue weighted by Crippen LogP contribution is -2.29. The molecule has 33 heavy (non-hydrogen) atoms. The van der Waals surface area contributed by atoms with Crippen molar-refractivity contribution in [1.82, 2.24) is 9.97 Å². The van der Waals surface area contributed by atoms with E-state index < -0.39 is 11.9 Å². The Morgan fingerprint density at radius 1 is 1.21 bits per heavy atom. The molecule has 3 heterocycles. The maximum atomic E-state index is 13.0. The molecule has 3 aromatic rings. The standard InChI is InChI=1S/C21H19N5O5S2/c1-10-11(2)32-18-16(10)17(28)22-20(23-18)24-25-21-26(12-5-7-13(30-3)8-6-12)19(29)14(33-21)9-15(27)31-4/h5-9H,1-4H3,(H2,22,23,24,28)/b14-9+,25-21-. The van der Waals surface area contributed by atoms with Gasteiger partial charge in [0.25, 0.3) is 11.5 Å². The number of amidine groups is 1. The van der Waals surface area contributed by atoms with Crippen molar-refractivity contribution < 1.29 is 19.1 Å². The minimum atomic E-state index is -0.658. The average Bonchev–Trinajstić information content (AvgIpc) is 3.27. The normalized spacial score (nSPS) is 16.1. The van der Waals surface area contributed by atoms with Gasteiger partial charge in [-0.25, -0.2) is 15.2 Å². The second kappa shape index (κ2) is 9.08. The highest BCUT2D eigenvalue weighted by Crippen LogP contribution is 2.35. The number of aromatic amines is 1. The van der Waals surface area contributed by atoms with Gasteiger partial charge in [-0.15, -0.1) is 16.4 Å². The van der Waals surface area contributed by atoms with Gasteiger partial charge >= 0.3 is 5.97 Å². The number of hydrazone groups is 1. The van der Waals surface area contributed by atoms with Crippen molar-refractivity contribution >= 4 is 62.0 Å². The van der Waals surface area contributed by atoms with Crippen LogP contribution in [0.2, 0.25) is 0 Å². The molecule has 170 valence electrons. The molecule has 0 bridgehead atoms. The van der Waals surface area contributed by atoms with Crippen molar-refractivity contribution in [3.05, 3.63) is 56.0 Å². The summed E-state index contributed by atoms with van der Waals surface area (Å²) in [6.07, 6.45) is 1.11. The number of carbonyl (C=O) groups excluding carboxylic acids is 2. The number of aryl methyl sites for hydroxylation is 2. The van der Waals surface area contributed by atoms with E-state index in [2.05, 4.69) is 25.2 Å². The van der Waals surface area contributed by atoms with Crippen LogP contribution in [0.3, 0.4) is 0 Å². The largest absolute Gasteiger partial charge is 0.497 e. The molecule has 1 aliphatic heterocycles. The molecule has 1 amide bonds. The van der Waals surface area contributed by atoms with Gasteiger partial charge in [0.05, 0.1) is 30.2 Å². The van der Waals surface area contributed by atoms with Crippen molar-refractivity contribution in [2.24, 2.45) is 5.10 Å². The number of rotatable bonds is 5. The van der Waals surface area contributed by atoms with E-state index in [0.29, 0.717) is 21.7 Å². The summed E-state index contributed by atoms with van der Waals surface area (Å²) in [5.41, 5.74) is 3.85. The second-order valence-corrected chi connectivity index (χ2v) is 9.07. The van der Waals surface area contributed by atoms with E-state index in [1.165, 1.54) is 23.3 Å². The molecular weight excluding hydrogens is 466 g/mol. The van der Waals surface area contributed by atoms with Crippen molar-refractivity contribution in [2.75, 3.05) is 24.5 Å². The molecule has 1 saturated heterocycles. The summed E-state index contributed by atoms with van der Waals surface area (Å²) in [5, 5.41) is 5.07. The number of hydrogen-bond donors (Lipinski definition) is 2. The number of amides is 1. The van der Waals surface area contributed by atoms with Crippen LogP contribution in [-0.2, 0) is 14.3 Å². The monoisotopic (exact) mass is 485 g/mol. The topological polar surface area (TPSA) is 126 Å². The quantitative estimate of drug-likeness (QED) is 0.321. The van der Waals surface area contributed by atoms with Gasteiger partial charge in [-0.1, -0.05) is 0 Å². The van der Waals surface area contributed by atoms with E-state index in [-0.39, 0.29) is 21.6 Å². The molecule has 10 nitrogen and oxygen atoms in total. The smallest absolute Gasteiger partial charge is 0.331 e. The molecule has 0 aliphatic carbocycles. The summed E-state index contributed by atoms with van der Waals surface area (Å²) in [7, 11) is 2.77. The van der Waals surface area contributed by atoms with Gasteiger partial charge in [0.2, 0.25) is 5.95 Å². The Balaban J connectivity index is 1.71. The van der Waals surface area contributed by atoms with Crippen molar-refractivity contribution in [2.45, 2.75) is 13.8 Å². The summed E-state index contributed by atoms with van der Waals surface area (Å²) in [6, 6.07) is 6.79. The molecule has 12 heteroatoms. The van der Waals surface area contributed by atoms with Gasteiger partial charge < -0.3 is 9.47 Å². The number of thiophene rings is 1. The number of H-pyrrole nitrogens is 1. The van der Waals surface area contributed by atoms with Gasteiger partial charge in [0.1, 0.15) is 10.6 Å². The molecule has 0 saturated carbocycles. The maximum Gasteiger partial charge on any atom is 0.331 e. The van der Waals surface area contributed by atoms with Crippen molar-refractivity contribution in [1.29, 1.82) is 0 Å². The summed E-state index contributed by atoms with van der Waals surface area (Å²) in [6.45, 7) is 3.80. The summed E-state index contributed by atoms with van der Waals surface area (Å²) < 4.78 is 9.81. The first-order valence-electron chi connectivity index (χ1n) is 9.62. The molecule has 4 rings (SSSR count). The lowest BCUT2D eigenvalue weighted by Gasteiger charge is -2.16. The van der Waals surface area contributed by atoms with E-state index >= 15 is 0 Å². The number of methoxy groups -OCH3 is 2. The summed E-state index contributed by atoms with van der Waals surface area (Å²) in [5.74, 6) is -0.349. The second-order valence-electron chi connectivity index (χ2n) is 6.86. The van der Waals surface area contributed by atoms with Crippen LogP contribution in [0.4, 0.5) is 11.6 Å². The Bertz CT molecular complexity index is 1370. The third-order valence-electron chi connectivity index (χ3n) is 4.88. The van der Waals surface area contributed by atoms with Gasteiger partial charge in [0.15, 0.2) is 5.17 Å². The Hall–Kier alpha value is -3.64. The third-order valence-corrected chi connectivity index (χ3v) is 6.95. The fraction of sp³-hybridized carbons (Fsp3) is 0.190. The Morgan fingerprint density at radius 2 is 1.94 bits per heavy atom. The SMILES string of the molecule is COC(=O)/C=C1/S/C(=N\Nc2nc3sc(C)c(C)c3c(=O)[nH]2)N(c2ccc(OC)cc2)C1=O. The van der Waals surface area contributed by atoms with Crippen LogP contribution in [0.1, 0.15) is 10.4 Å². The zero-order valence-electron chi connectivity index (χ0n) is 18.1. The van der Waals surface area contributed by atoms with E-state index in [0.717, 1.165) is 28.3 Å². The molecule has 2 N–H and O–H groups in total. The highest BCUT2D eigenvalue weighted by molar-refractivity contribution is 8.19. The van der Waals surface area contributed by atoms with Crippen molar-refractivity contribution in [3.63, 3.8) is 0 Å². The number of ether oxygens (including phenoxy) is 2. The molecule has 1 aliphatic rings. The maximum absolute atomic E-state index is 13.0. The van der Waals surface area contributed by atoms with Gasteiger partial charge in [0, 0.05) is 11.0 Å². The fourth-order valence-electron chi connectivity index (χ4n) is 3.08. The van der Waals surface area contributed by atoms with Crippen LogP contribution in [-0.4, -0.2) is 41.2 Å². The molecule has 1 fully saturated rings. The Kier molecular flexibility index (Phi) is 6.20. The number of nitrogens with one attached hydrogen (secondary N) is 2. The number of thioether (sulfide) groups is 1. The molecule has 1 aromatic carbocycles. The fourth-order valence-corrected chi connectivity index (χ4v) is 5.01. The van der Waals surface area contributed by atoms with E-state index in [1.807, 2.05) is 13.8 Å². The molecular formula is C21H19N5O5S2. The predicted octanol–water partition coefficient (Wildman–Crippen LogP) is 3.13. The number of benzene rings is 1. The Labute approximate surface area is 196 Å². The van der Waals surface area contributed by atoms with Gasteiger partial charge in [-0.2, -0.15) is 0 Å². The summed E-state index contributed by atoms with van der Waals surface area (Å²) in [4.78, 5) is 47.4. The zero-order chi connectivity index (χ0) is 23.7. The number of aromatic nitrogens is 2. The first-order chi connectivity index (χ1) is 15.8. The molecule has 2 aromatic heterocycles. The van der Waals surface area contributed by atoms with E-state index in [4.69, 9.17) is 4.74 Å². The van der Waals surface area contributed by atoms with Crippen LogP contribution in [0.5, 0.6) is 5.75 Å². The lowest BCUT2D eigenvalue weighted by molar-refractivity contribution is -0.135. The van der Waals surface area contributed by atoms with E-state index in [9.17, 15) is 14.4 Å². The van der Waals surface area contributed by atoms with Crippen LogP contribution in [0, 0.1) is 13.8 Å². The average molecular weight is 486 g/mol. The molecule has 0 unspecified atom stereocenters. The number of carbonyl (C=O) groups is 2. The highest BCUT2D eigenvalue weighted by Gasteiger charge is 2.35. The van der Waals surface area contributed by atoms with Crippen LogP contribution in [0.15, 0.2) is 45.1 Å². The van der Waals surface area contributed by atoms with Crippen LogP contribution >= 0.6 is 23.1 Å². The van der Waals surface area contributed by atoms with Crippen LogP contribution < -0.4 is 20.6 Å². The van der Waals surface area contributed by atoms with Crippen LogP contribution in [0.25, 0.3) is 10.2 Å². The molecule has 0 radical (unpaired) electrons. The number of fused-ring (bicyclic) bond motifs is 1. The Morgan fingerprint density at radius 3 is 2.61 bits per heavy atom. The van der Waals surface area contributed by atoms with Gasteiger partial charge in [-0.3, -0.25) is 19.5 Å². The zero-order valence-corrected chi connectivity index (χ0v) is 19.7. The number of nitrogens with zero attached hydrogens (tertiary/aromatic N) is 3. The van der Waals surface area contributed by atoms with E-state index in [1.54, 1.807) is 31.4 Å². The number of hydrogen-bond acceptors (Lipinski definition) is 10. The lowest BCUT2D eigenvalue weighted by atomic mass is 10.2. The molecule has 0 spiro atoms. The summed E-state index contributed by atoms with van der Waals surface area (Å²) >= 11 is 2.40. The third kappa shape index (κ3) is 4.34. The first kappa shape index (κ1) is 22.6. The number of esters is 1. The molecule has 0 atom stereocenters. The van der Waals surface area contributed by atoms with Gasteiger partial charge in [-0.05, 0) is 55.4 Å². The number of anilines is 2. The minimum absolute atomic E-state index is 0.134. The first-order valence-corrected chi connectivity index (χ1v) is 11.3. The minimum Gasteiger partial charge on any atom is -0.497 e.